The van der Waals surface area contributed by atoms with Crippen molar-refractivity contribution >= 4 is 5.97 Å². The van der Waals surface area contributed by atoms with E-state index >= 15 is 0 Å². The highest BCUT2D eigenvalue weighted by Gasteiger charge is 2.44. The first kappa shape index (κ1) is 13.5. The fraction of sp³-hybridized carbons (Fsp3) is 0.917. The Bertz CT molecular complexity index is 241. The second-order valence-electron chi connectivity index (χ2n) is 4.44. The number of esters is 1. The van der Waals surface area contributed by atoms with Crippen LogP contribution in [0.15, 0.2) is 0 Å². The van der Waals surface area contributed by atoms with E-state index in [2.05, 4.69) is 0 Å². The van der Waals surface area contributed by atoms with Gasteiger partial charge in [0.25, 0.3) is 0 Å². The van der Waals surface area contributed by atoms with Gasteiger partial charge in [-0.1, -0.05) is 13.8 Å². The fourth-order valence-corrected chi connectivity index (χ4v) is 2.44. The predicted octanol–water partition coefficient (Wildman–Crippen LogP) is 1.51. The number of hydrogen-bond donors (Lipinski definition) is 1. The molecule has 0 radical (unpaired) electrons. The van der Waals surface area contributed by atoms with Crippen LogP contribution in [0.1, 0.15) is 39.5 Å². The van der Waals surface area contributed by atoms with Gasteiger partial charge in [-0.2, -0.15) is 0 Å². The molecule has 0 spiro atoms. The largest absolute Gasteiger partial charge is 0.469 e. The smallest absolute Gasteiger partial charge is 0.311 e. The molecule has 3 unspecified atom stereocenters. The van der Waals surface area contributed by atoms with Crippen LogP contribution in [-0.2, 0) is 14.3 Å². The summed E-state index contributed by atoms with van der Waals surface area (Å²) in [4.78, 5) is 11.6. The third kappa shape index (κ3) is 2.74. The van der Waals surface area contributed by atoms with Gasteiger partial charge in [0.1, 0.15) is 0 Å². The molecular formula is C12H22O4. The zero-order valence-electron chi connectivity index (χ0n) is 10.4. The van der Waals surface area contributed by atoms with Crippen LogP contribution in [0.4, 0.5) is 0 Å². The Kier molecular flexibility index (Phi) is 4.74. The van der Waals surface area contributed by atoms with E-state index in [4.69, 9.17) is 9.47 Å². The van der Waals surface area contributed by atoms with Crippen molar-refractivity contribution in [2.45, 2.75) is 51.2 Å². The van der Waals surface area contributed by atoms with Gasteiger partial charge in [-0.3, -0.25) is 4.79 Å². The monoisotopic (exact) mass is 230 g/mol. The summed E-state index contributed by atoms with van der Waals surface area (Å²) >= 11 is 0. The van der Waals surface area contributed by atoms with Gasteiger partial charge in [0, 0.05) is 19.4 Å². The molecule has 0 aliphatic carbocycles. The molecule has 1 heterocycles. The SMILES string of the molecule is CCC1CC(O)(C(CC)C(=O)OC)CCO1. The summed E-state index contributed by atoms with van der Waals surface area (Å²) in [6.45, 7) is 4.44. The number of carbonyl (C=O) groups excluding carboxylic acids is 1. The molecular weight excluding hydrogens is 208 g/mol. The molecule has 4 nitrogen and oxygen atoms in total. The van der Waals surface area contributed by atoms with Crippen LogP contribution >= 0.6 is 0 Å². The minimum atomic E-state index is -0.958. The maximum Gasteiger partial charge on any atom is 0.311 e. The average Bonchev–Trinajstić information content (AvgIpc) is 2.29. The Morgan fingerprint density at radius 1 is 1.62 bits per heavy atom. The maximum atomic E-state index is 11.6. The maximum absolute atomic E-state index is 11.6. The number of carbonyl (C=O) groups is 1. The lowest BCUT2D eigenvalue weighted by molar-refractivity contribution is -0.170. The van der Waals surface area contributed by atoms with Gasteiger partial charge >= 0.3 is 5.97 Å². The van der Waals surface area contributed by atoms with Gasteiger partial charge in [0.15, 0.2) is 0 Å². The molecule has 1 aliphatic heterocycles. The van der Waals surface area contributed by atoms with E-state index in [0.29, 0.717) is 25.9 Å². The van der Waals surface area contributed by atoms with Crippen molar-refractivity contribution < 1.29 is 19.4 Å². The Balaban J connectivity index is 2.76. The normalized spacial score (nSPS) is 32.1. The van der Waals surface area contributed by atoms with E-state index in [-0.39, 0.29) is 12.1 Å². The summed E-state index contributed by atoms with van der Waals surface area (Å²) < 4.78 is 10.3. The van der Waals surface area contributed by atoms with Crippen LogP contribution in [0.2, 0.25) is 0 Å². The summed E-state index contributed by atoms with van der Waals surface area (Å²) in [6, 6.07) is 0. The minimum absolute atomic E-state index is 0.0532. The second-order valence-corrected chi connectivity index (χ2v) is 4.44. The van der Waals surface area contributed by atoms with Gasteiger partial charge in [-0.15, -0.1) is 0 Å². The van der Waals surface area contributed by atoms with E-state index in [0.717, 1.165) is 6.42 Å². The second kappa shape index (κ2) is 5.64. The van der Waals surface area contributed by atoms with E-state index in [1.807, 2.05) is 13.8 Å². The molecule has 1 aliphatic rings. The molecule has 0 aromatic heterocycles. The molecule has 0 saturated carbocycles. The summed E-state index contributed by atoms with van der Waals surface area (Å²) in [5, 5.41) is 10.6. The molecule has 0 bridgehead atoms. The fourth-order valence-electron chi connectivity index (χ4n) is 2.44. The Morgan fingerprint density at radius 2 is 2.31 bits per heavy atom. The highest BCUT2D eigenvalue weighted by atomic mass is 16.5. The van der Waals surface area contributed by atoms with Crippen molar-refractivity contribution in [1.29, 1.82) is 0 Å². The lowest BCUT2D eigenvalue weighted by atomic mass is 9.77. The standard InChI is InChI=1S/C12H22O4/c1-4-9-8-12(14,6-7-16-9)10(5-2)11(13)15-3/h9-10,14H,4-8H2,1-3H3. The zero-order valence-corrected chi connectivity index (χ0v) is 10.4. The topological polar surface area (TPSA) is 55.8 Å². The molecule has 1 rings (SSSR count). The average molecular weight is 230 g/mol. The third-order valence-electron chi connectivity index (χ3n) is 3.47. The highest BCUT2D eigenvalue weighted by Crippen LogP contribution is 2.35. The first-order chi connectivity index (χ1) is 7.57. The Labute approximate surface area is 96.9 Å². The van der Waals surface area contributed by atoms with Crippen molar-refractivity contribution in [3.05, 3.63) is 0 Å². The van der Waals surface area contributed by atoms with Crippen molar-refractivity contribution in [1.82, 2.24) is 0 Å². The lowest BCUT2D eigenvalue weighted by Crippen LogP contribution is -2.49. The Morgan fingerprint density at radius 3 is 2.81 bits per heavy atom. The van der Waals surface area contributed by atoms with Crippen LogP contribution in [0.5, 0.6) is 0 Å². The van der Waals surface area contributed by atoms with Gasteiger partial charge in [-0.25, -0.2) is 0 Å². The van der Waals surface area contributed by atoms with E-state index in [1.165, 1.54) is 7.11 Å². The van der Waals surface area contributed by atoms with Crippen molar-refractivity contribution in [3.8, 4) is 0 Å². The van der Waals surface area contributed by atoms with E-state index in [1.54, 1.807) is 0 Å². The van der Waals surface area contributed by atoms with Gasteiger partial charge < -0.3 is 14.6 Å². The lowest BCUT2D eigenvalue weighted by Gasteiger charge is -2.40. The molecule has 0 amide bonds. The molecule has 4 heteroatoms. The predicted molar refractivity (Wildman–Crippen MR) is 60.0 cm³/mol. The molecule has 0 aromatic rings. The highest BCUT2D eigenvalue weighted by molar-refractivity contribution is 5.73. The van der Waals surface area contributed by atoms with Crippen LogP contribution in [0.25, 0.3) is 0 Å². The van der Waals surface area contributed by atoms with Crippen LogP contribution in [0, 0.1) is 5.92 Å². The quantitative estimate of drug-likeness (QED) is 0.744. The number of ether oxygens (including phenoxy) is 2. The Hall–Kier alpha value is -0.610. The minimum Gasteiger partial charge on any atom is -0.469 e. The molecule has 94 valence electrons. The first-order valence-electron chi connectivity index (χ1n) is 5.99. The number of hydrogen-bond acceptors (Lipinski definition) is 4. The van der Waals surface area contributed by atoms with E-state index < -0.39 is 11.5 Å². The summed E-state index contributed by atoms with van der Waals surface area (Å²) in [6.07, 6.45) is 2.55. The van der Waals surface area contributed by atoms with E-state index in [9.17, 15) is 9.90 Å². The van der Waals surface area contributed by atoms with Gasteiger partial charge in [0.2, 0.25) is 0 Å². The summed E-state index contributed by atoms with van der Waals surface area (Å²) in [7, 11) is 1.37. The van der Waals surface area contributed by atoms with Crippen LogP contribution in [-0.4, -0.2) is 36.5 Å². The number of aliphatic hydroxyl groups is 1. The van der Waals surface area contributed by atoms with Gasteiger partial charge in [-0.05, 0) is 12.8 Å². The molecule has 1 fully saturated rings. The molecule has 3 atom stereocenters. The number of methoxy groups -OCH3 is 1. The molecule has 16 heavy (non-hydrogen) atoms. The third-order valence-corrected chi connectivity index (χ3v) is 3.47. The first-order valence-corrected chi connectivity index (χ1v) is 5.99. The molecule has 1 saturated heterocycles. The van der Waals surface area contributed by atoms with Crippen molar-refractivity contribution in [2.75, 3.05) is 13.7 Å². The van der Waals surface area contributed by atoms with Crippen LogP contribution < -0.4 is 0 Å². The molecule has 0 aromatic carbocycles. The van der Waals surface area contributed by atoms with Gasteiger partial charge in [0.05, 0.1) is 24.7 Å². The number of rotatable bonds is 4. The van der Waals surface area contributed by atoms with Crippen molar-refractivity contribution in [3.63, 3.8) is 0 Å². The summed E-state index contributed by atoms with van der Waals surface area (Å²) in [5.74, 6) is -0.753. The van der Waals surface area contributed by atoms with Crippen molar-refractivity contribution in [2.24, 2.45) is 5.92 Å². The zero-order chi connectivity index (χ0) is 12.2. The summed E-state index contributed by atoms with van der Waals surface area (Å²) in [5.41, 5.74) is -0.958. The molecule has 1 N–H and O–H groups in total. The van der Waals surface area contributed by atoms with Crippen LogP contribution in [0.3, 0.4) is 0 Å².